The summed E-state index contributed by atoms with van der Waals surface area (Å²) in [4.78, 5) is 47.7. The van der Waals surface area contributed by atoms with Crippen molar-refractivity contribution in [2.45, 2.75) is 12.5 Å². The van der Waals surface area contributed by atoms with Crippen LogP contribution in [0.1, 0.15) is 16.8 Å². The Morgan fingerprint density at radius 2 is 2.04 bits per heavy atom. The Kier molecular flexibility index (Phi) is 9.03. The zero-order chi connectivity index (χ0) is 20.6. The molecule has 0 saturated heterocycles. The number of nitro groups is 1. The molecule has 0 aromatic heterocycles. The molecule has 0 fully saturated rings. The minimum Gasteiger partial charge on any atom is -0.454 e. The highest BCUT2D eigenvalue weighted by Crippen LogP contribution is 2.25. The molecule has 1 aromatic rings. The fourth-order valence-corrected chi connectivity index (χ4v) is 2.54. The van der Waals surface area contributed by atoms with Crippen molar-refractivity contribution in [3.63, 3.8) is 0 Å². The lowest BCUT2D eigenvalue weighted by Crippen LogP contribution is -2.43. The van der Waals surface area contributed by atoms with Crippen molar-refractivity contribution in [2.75, 3.05) is 32.7 Å². The van der Waals surface area contributed by atoms with Gasteiger partial charge in [0.15, 0.2) is 6.61 Å². The predicted octanol–water partition coefficient (Wildman–Crippen LogP) is 1.73. The van der Waals surface area contributed by atoms with Crippen LogP contribution < -0.4 is 5.32 Å². The number of nitrogens with one attached hydrogen (secondary N) is 1. The van der Waals surface area contributed by atoms with Crippen LogP contribution in [0.2, 0.25) is 5.02 Å². The average molecular weight is 418 g/mol. The van der Waals surface area contributed by atoms with Gasteiger partial charge in [-0.25, -0.2) is 4.79 Å². The molecule has 0 aliphatic heterocycles. The summed E-state index contributed by atoms with van der Waals surface area (Å²) in [7, 11) is 3.05. The van der Waals surface area contributed by atoms with Gasteiger partial charge >= 0.3 is 5.97 Å². The van der Waals surface area contributed by atoms with Crippen molar-refractivity contribution in [2.24, 2.45) is 0 Å². The van der Waals surface area contributed by atoms with E-state index in [0.717, 1.165) is 6.07 Å². The lowest BCUT2D eigenvalue weighted by molar-refractivity contribution is -0.384. The smallest absolute Gasteiger partial charge is 0.329 e. The number of benzene rings is 1. The maximum Gasteiger partial charge on any atom is 0.329 e. The van der Waals surface area contributed by atoms with Crippen LogP contribution in [-0.4, -0.2) is 66.4 Å². The zero-order valence-corrected chi connectivity index (χ0v) is 16.6. The molecule has 148 valence electrons. The van der Waals surface area contributed by atoms with Gasteiger partial charge in [-0.05, 0) is 30.6 Å². The minimum atomic E-state index is -0.991. The Hall–Kier alpha value is -2.33. The summed E-state index contributed by atoms with van der Waals surface area (Å²) >= 11 is 7.20. The molecule has 1 N–H and O–H groups in total. The number of amides is 2. The molecule has 0 unspecified atom stereocenters. The number of ether oxygens (including phenoxy) is 1. The van der Waals surface area contributed by atoms with E-state index in [1.54, 1.807) is 0 Å². The second-order valence-corrected chi connectivity index (χ2v) is 7.02. The van der Waals surface area contributed by atoms with Gasteiger partial charge < -0.3 is 15.0 Å². The molecule has 0 spiro atoms. The molecule has 0 saturated carbocycles. The van der Waals surface area contributed by atoms with Crippen molar-refractivity contribution < 1.29 is 24.0 Å². The maximum absolute atomic E-state index is 12.4. The van der Waals surface area contributed by atoms with Gasteiger partial charge in [0.05, 0.1) is 4.92 Å². The van der Waals surface area contributed by atoms with Gasteiger partial charge in [-0.15, -0.1) is 0 Å². The molecule has 0 radical (unpaired) electrons. The largest absolute Gasteiger partial charge is 0.454 e. The normalized spacial score (nSPS) is 11.4. The van der Waals surface area contributed by atoms with Crippen molar-refractivity contribution in [3.05, 3.63) is 38.9 Å². The van der Waals surface area contributed by atoms with Gasteiger partial charge in [0.2, 0.25) is 0 Å². The zero-order valence-electron chi connectivity index (χ0n) is 15.1. The number of hydrogen-bond acceptors (Lipinski definition) is 7. The van der Waals surface area contributed by atoms with Gasteiger partial charge in [0.25, 0.3) is 17.5 Å². The molecular weight excluding hydrogens is 398 g/mol. The highest BCUT2D eigenvalue weighted by atomic mass is 35.5. The Balaban J connectivity index is 2.87. The molecule has 9 nitrogen and oxygen atoms in total. The highest BCUT2D eigenvalue weighted by molar-refractivity contribution is 7.98. The van der Waals surface area contributed by atoms with E-state index in [9.17, 15) is 24.5 Å². The van der Waals surface area contributed by atoms with E-state index in [0.29, 0.717) is 5.75 Å². The quantitative estimate of drug-likeness (QED) is 0.369. The summed E-state index contributed by atoms with van der Waals surface area (Å²) in [6, 6.07) is 2.59. The molecule has 1 aromatic carbocycles. The number of halogens is 1. The fourth-order valence-electron chi connectivity index (χ4n) is 1.88. The van der Waals surface area contributed by atoms with Gasteiger partial charge in [0.1, 0.15) is 11.1 Å². The van der Waals surface area contributed by atoms with Crippen molar-refractivity contribution in [3.8, 4) is 0 Å². The number of nitrogens with zero attached hydrogens (tertiary/aromatic N) is 2. The summed E-state index contributed by atoms with van der Waals surface area (Å²) in [5.41, 5.74) is -0.429. The monoisotopic (exact) mass is 417 g/mol. The first kappa shape index (κ1) is 22.7. The van der Waals surface area contributed by atoms with E-state index in [1.807, 2.05) is 6.26 Å². The van der Waals surface area contributed by atoms with Crippen molar-refractivity contribution >= 4 is 46.8 Å². The number of esters is 1. The Morgan fingerprint density at radius 1 is 1.37 bits per heavy atom. The van der Waals surface area contributed by atoms with Crippen LogP contribution in [0.4, 0.5) is 5.69 Å². The third-order valence-electron chi connectivity index (χ3n) is 3.44. The molecule has 0 bridgehead atoms. The molecule has 0 aliphatic rings. The van der Waals surface area contributed by atoms with Crippen LogP contribution in [0.15, 0.2) is 18.2 Å². The number of nitro benzene ring substituents is 1. The first-order valence-corrected chi connectivity index (χ1v) is 9.55. The molecule has 0 aliphatic carbocycles. The van der Waals surface area contributed by atoms with Crippen molar-refractivity contribution in [1.29, 1.82) is 0 Å². The van der Waals surface area contributed by atoms with Crippen LogP contribution >= 0.6 is 23.4 Å². The number of likely N-dealkylation sites (N-methyl/N-ethyl adjacent to an activating group) is 1. The Bertz CT molecular complexity index is 728. The van der Waals surface area contributed by atoms with Crippen molar-refractivity contribution in [1.82, 2.24) is 10.2 Å². The second-order valence-electron chi connectivity index (χ2n) is 5.63. The van der Waals surface area contributed by atoms with Crippen LogP contribution in [0.5, 0.6) is 0 Å². The Morgan fingerprint density at radius 3 is 2.59 bits per heavy atom. The van der Waals surface area contributed by atoms with E-state index in [4.69, 9.17) is 16.3 Å². The van der Waals surface area contributed by atoms with Crippen LogP contribution in [0.25, 0.3) is 0 Å². The lowest BCUT2D eigenvalue weighted by atomic mass is 10.1. The number of thioether (sulfide) groups is 1. The third-order valence-corrected chi connectivity index (χ3v) is 4.41. The van der Waals surface area contributed by atoms with E-state index in [1.165, 1.54) is 42.9 Å². The molecular formula is C16H20ClN3O6S. The SMILES string of the molecule is CSCC[C@@H](NC(=O)c1ccc(Cl)c([N+](=O)[O-])c1)C(=O)OCC(=O)N(C)C. The average Bonchev–Trinajstić information content (AvgIpc) is 2.62. The number of rotatable bonds is 9. The third kappa shape index (κ3) is 7.06. The summed E-state index contributed by atoms with van der Waals surface area (Å²) in [6.07, 6.45) is 2.11. The summed E-state index contributed by atoms with van der Waals surface area (Å²) in [6.45, 7) is -0.441. The summed E-state index contributed by atoms with van der Waals surface area (Å²) in [5.74, 6) is -1.28. The first-order chi connectivity index (χ1) is 12.7. The standard InChI is InChI=1S/C16H20ClN3O6S/c1-19(2)14(21)9-26-16(23)12(6-7-27-3)18-15(22)10-4-5-11(17)13(8-10)20(24)25/h4-5,8,12H,6-7,9H2,1-3H3,(H,18,22)/t12-/m1/s1. The van der Waals surface area contributed by atoms with E-state index in [2.05, 4.69) is 5.32 Å². The summed E-state index contributed by atoms with van der Waals surface area (Å²) < 4.78 is 4.96. The van der Waals surface area contributed by atoms with E-state index >= 15 is 0 Å². The highest BCUT2D eigenvalue weighted by Gasteiger charge is 2.25. The fraction of sp³-hybridized carbons (Fsp3) is 0.438. The maximum atomic E-state index is 12.4. The van der Waals surface area contributed by atoms with E-state index < -0.39 is 41.0 Å². The predicted molar refractivity (Wildman–Crippen MR) is 102 cm³/mol. The first-order valence-electron chi connectivity index (χ1n) is 7.78. The lowest BCUT2D eigenvalue weighted by Gasteiger charge is -2.18. The topological polar surface area (TPSA) is 119 Å². The summed E-state index contributed by atoms with van der Waals surface area (Å²) in [5, 5.41) is 13.3. The van der Waals surface area contributed by atoms with Crippen LogP contribution in [0.3, 0.4) is 0 Å². The van der Waals surface area contributed by atoms with Crippen LogP contribution in [-0.2, 0) is 14.3 Å². The Labute approximate surface area is 165 Å². The second kappa shape index (κ2) is 10.7. The molecule has 1 rings (SSSR count). The molecule has 1 atom stereocenters. The number of hydrogen-bond donors (Lipinski definition) is 1. The van der Waals surface area contributed by atoms with Crippen LogP contribution in [0, 0.1) is 10.1 Å². The van der Waals surface area contributed by atoms with Gasteiger partial charge in [-0.2, -0.15) is 11.8 Å². The number of carbonyl (C=O) groups excluding carboxylic acids is 3. The molecule has 2 amide bonds. The van der Waals surface area contributed by atoms with Gasteiger partial charge in [0, 0.05) is 25.7 Å². The minimum absolute atomic E-state index is 0.0163. The number of carbonyl (C=O) groups is 3. The molecule has 27 heavy (non-hydrogen) atoms. The molecule has 11 heteroatoms. The molecule has 0 heterocycles. The van der Waals surface area contributed by atoms with E-state index in [-0.39, 0.29) is 17.0 Å². The van der Waals surface area contributed by atoms with Gasteiger partial charge in [-0.3, -0.25) is 19.7 Å². The van der Waals surface area contributed by atoms with Gasteiger partial charge in [-0.1, -0.05) is 11.6 Å².